The zero-order valence-corrected chi connectivity index (χ0v) is 14.6. The van der Waals surface area contributed by atoms with Crippen molar-refractivity contribution in [2.45, 2.75) is 31.1 Å². The summed E-state index contributed by atoms with van der Waals surface area (Å²) >= 11 is 5.86. The monoisotopic (exact) mass is 359 g/mol. The van der Waals surface area contributed by atoms with E-state index < -0.39 is 10.0 Å². The van der Waals surface area contributed by atoms with Gasteiger partial charge in [0.2, 0.25) is 21.8 Å². The van der Waals surface area contributed by atoms with Crippen molar-refractivity contribution in [2.24, 2.45) is 0 Å². The molecule has 0 bridgehead atoms. The van der Waals surface area contributed by atoms with Crippen LogP contribution in [0.25, 0.3) is 0 Å². The van der Waals surface area contributed by atoms with Gasteiger partial charge >= 0.3 is 0 Å². The molecule has 0 aliphatic heterocycles. The number of benzene rings is 1. The van der Waals surface area contributed by atoms with E-state index >= 15 is 0 Å². The van der Waals surface area contributed by atoms with E-state index in [-0.39, 0.29) is 23.1 Å². The Kier molecular flexibility index (Phi) is 5.61. The van der Waals surface area contributed by atoms with Gasteiger partial charge in [-0.25, -0.2) is 13.1 Å². The van der Waals surface area contributed by atoms with Crippen molar-refractivity contribution >= 4 is 21.6 Å². The van der Waals surface area contributed by atoms with Crippen LogP contribution in [0.2, 0.25) is 5.02 Å². The Morgan fingerprint density at radius 3 is 2.70 bits per heavy atom. The van der Waals surface area contributed by atoms with Crippen LogP contribution < -0.4 is 9.46 Å². The van der Waals surface area contributed by atoms with Gasteiger partial charge in [-0.2, -0.15) is 0 Å². The second-order valence-electron chi connectivity index (χ2n) is 5.13. The predicted molar refractivity (Wildman–Crippen MR) is 85.3 cm³/mol. The lowest BCUT2D eigenvalue weighted by molar-refractivity contribution is 0.402. The van der Waals surface area contributed by atoms with Crippen LogP contribution in [0.1, 0.15) is 31.5 Å². The van der Waals surface area contributed by atoms with Crippen LogP contribution in [-0.4, -0.2) is 32.3 Å². The van der Waals surface area contributed by atoms with Crippen molar-refractivity contribution in [3.63, 3.8) is 0 Å². The minimum atomic E-state index is -3.75. The maximum atomic E-state index is 12.4. The lowest BCUT2D eigenvalue weighted by Gasteiger charge is -2.10. The van der Waals surface area contributed by atoms with Gasteiger partial charge in [-0.15, -0.1) is 10.2 Å². The van der Waals surface area contributed by atoms with E-state index in [1.54, 1.807) is 6.07 Å². The largest absolute Gasteiger partial charge is 0.495 e. The summed E-state index contributed by atoms with van der Waals surface area (Å²) in [7, 11) is -2.36. The van der Waals surface area contributed by atoms with Gasteiger partial charge in [0.25, 0.3) is 0 Å². The van der Waals surface area contributed by atoms with Crippen molar-refractivity contribution in [2.75, 3.05) is 13.7 Å². The Bertz CT molecular complexity index is 774. The lowest BCUT2D eigenvalue weighted by atomic mass is 10.2. The number of nitrogens with zero attached hydrogens (tertiary/aromatic N) is 2. The summed E-state index contributed by atoms with van der Waals surface area (Å²) in [6.45, 7) is 3.99. The Hall–Kier alpha value is -1.64. The molecule has 1 heterocycles. The smallest absolute Gasteiger partial charge is 0.244 e. The van der Waals surface area contributed by atoms with E-state index in [9.17, 15) is 8.42 Å². The standard InChI is InChI=1S/C14H18ClN3O4S/c1-9(2)14-18-17-13(22-14)6-7-16-23(19,20)12-8-10(15)4-5-11(12)21-3/h4-5,8-9,16H,6-7H2,1-3H3. The Morgan fingerprint density at radius 2 is 2.09 bits per heavy atom. The molecular weight excluding hydrogens is 342 g/mol. The van der Waals surface area contributed by atoms with Crippen LogP contribution in [0.5, 0.6) is 5.75 Å². The minimum Gasteiger partial charge on any atom is -0.495 e. The molecule has 1 aromatic carbocycles. The number of ether oxygens (including phenoxy) is 1. The first-order chi connectivity index (χ1) is 10.8. The molecule has 0 spiro atoms. The van der Waals surface area contributed by atoms with Gasteiger partial charge in [-0.1, -0.05) is 25.4 Å². The highest BCUT2D eigenvalue weighted by Gasteiger charge is 2.20. The predicted octanol–water partition coefficient (Wildman–Crippen LogP) is 2.38. The topological polar surface area (TPSA) is 94.3 Å². The number of aromatic nitrogens is 2. The van der Waals surface area contributed by atoms with E-state index in [0.29, 0.717) is 23.2 Å². The van der Waals surface area contributed by atoms with Crippen LogP contribution >= 0.6 is 11.6 Å². The van der Waals surface area contributed by atoms with Crippen LogP contribution in [0.4, 0.5) is 0 Å². The van der Waals surface area contributed by atoms with Gasteiger partial charge in [-0.3, -0.25) is 0 Å². The molecule has 0 fully saturated rings. The molecule has 9 heteroatoms. The first-order valence-corrected chi connectivity index (χ1v) is 8.85. The molecule has 126 valence electrons. The molecule has 0 aliphatic carbocycles. The average Bonchev–Trinajstić information content (AvgIpc) is 2.96. The summed E-state index contributed by atoms with van der Waals surface area (Å²) in [6, 6.07) is 4.40. The third-order valence-electron chi connectivity index (χ3n) is 3.02. The van der Waals surface area contributed by atoms with Gasteiger partial charge in [0.15, 0.2) is 0 Å². The maximum absolute atomic E-state index is 12.4. The van der Waals surface area contributed by atoms with Gasteiger partial charge in [-0.05, 0) is 18.2 Å². The van der Waals surface area contributed by atoms with Gasteiger partial charge in [0.1, 0.15) is 10.6 Å². The normalized spacial score (nSPS) is 11.9. The van der Waals surface area contributed by atoms with Crippen LogP contribution in [0, 0.1) is 0 Å². The van der Waals surface area contributed by atoms with Gasteiger partial charge < -0.3 is 9.15 Å². The zero-order valence-electron chi connectivity index (χ0n) is 13.0. The Morgan fingerprint density at radius 1 is 1.35 bits per heavy atom. The summed E-state index contributed by atoms with van der Waals surface area (Å²) in [6.07, 6.45) is 0.293. The Labute approximate surface area is 140 Å². The summed E-state index contributed by atoms with van der Waals surface area (Å²) in [5.41, 5.74) is 0. The molecule has 1 aromatic heterocycles. The lowest BCUT2D eigenvalue weighted by Crippen LogP contribution is -2.26. The zero-order chi connectivity index (χ0) is 17.0. The van der Waals surface area contributed by atoms with Crippen molar-refractivity contribution in [1.82, 2.24) is 14.9 Å². The molecule has 0 saturated carbocycles. The van der Waals surface area contributed by atoms with E-state index in [2.05, 4.69) is 14.9 Å². The van der Waals surface area contributed by atoms with Crippen LogP contribution in [0.3, 0.4) is 0 Å². The molecular formula is C14H18ClN3O4S. The van der Waals surface area contributed by atoms with Gasteiger partial charge in [0, 0.05) is 23.9 Å². The van der Waals surface area contributed by atoms with E-state index in [1.807, 2.05) is 13.8 Å². The number of halogens is 1. The average molecular weight is 360 g/mol. The number of rotatable bonds is 7. The highest BCUT2D eigenvalue weighted by molar-refractivity contribution is 7.89. The summed E-state index contributed by atoms with van der Waals surface area (Å²) < 4.78 is 37.7. The molecule has 2 aromatic rings. The molecule has 0 saturated heterocycles. The minimum absolute atomic E-state index is 0.0131. The summed E-state index contributed by atoms with van der Waals surface area (Å²) in [4.78, 5) is -0.0131. The second kappa shape index (κ2) is 7.29. The number of hydrogen-bond acceptors (Lipinski definition) is 6. The number of nitrogens with one attached hydrogen (secondary N) is 1. The summed E-state index contributed by atoms with van der Waals surface area (Å²) in [5, 5.41) is 8.09. The van der Waals surface area contributed by atoms with E-state index in [4.69, 9.17) is 20.8 Å². The fourth-order valence-corrected chi connectivity index (χ4v) is 3.29. The van der Waals surface area contributed by atoms with Crippen molar-refractivity contribution in [3.05, 3.63) is 35.0 Å². The van der Waals surface area contributed by atoms with Crippen molar-refractivity contribution < 1.29 is 17.6 Å². The molecule has 2 rings (SSSR count). The molecule has 1 N–H and O–H groups in total. The van der Waals surface area contributed by atoms with E-state index in [1.165, 1.54) is 19.2 Å². The van der Waals surface area contributed by atoms with Gasteiger partial charge in [0.05, 0.1) is 7.11 Å². The molecule has 7 nitrogen and oxygen atoms in total. The summed E-state index contributed by atoms with van der Waals surface area (Å²) in [5.74, 6) is 1.26. The van der Waals surface area contributed by atoms with Crippen molar-refractivity contribution in [1.29, 1.82) is 0 Å². The molecule has 0 atom stereocenters. The molecule has 0 amide bonds. The molecule has 0 unspecified atom stereocenters. The molecule has 0 aliphatic rings. The molecule has 0 radical (unpaired) electrons. The number of sulfonamides is 1. The third kappa shape index (κ3) is 4.43. The van der Waals surface area contributed by atoms with Crippen molar-refractivity contribution in [3.8, 4) is 5.75 Å². The highest BCUT2D eigenvalue weighted by Crippen LogP contribution is 2.26. The highest BCUT2D eigenvalue weighted by atomic mass is 35.5. The fraction of sp³-hybridized carbons (Fsp3) is 0.429. The fourth-order valence-electron chi connectivity index (χ4n) is 1.83. The van der Waals surface area contributed by atoms with Crippen LogP contribution in [0.15, 0.2) is 27.5 Å². The quantitative estimate of drug-likeness (QED) is 0.815. The first-order valence-electron chi connectivity index (χ1n) is 6.99. The third-order valence-corrected chi connectivity index (χ3v) is 4.74. The number of methoxy groups -OCH3 is 1. The van der Waals surface area contributed by atoms with E-state index in [0.717, 1.165) is 0 Å². The SMILES string of the molecule is COc1ccc(Cl)cc1S(=O)(=O)NCCc1nnc(C(C)C)o1. The second-order valence-corrected chi connectivity index (χ2v) is 7.30. The number of hydrogen-bond donors (Lipinski definition) is 1. The van der Waals surface area contributed by atoms with Crippen LogP contribution in [-0.2, 0) is 16.4 Å². The first kappa shape index (κ1) is 17.7. The maximum Gasteiger partial charge on any atom is 0.244 e. The Balaban J connectivity index is 2.05. The molecule has 23 heavy (non-hydrogen) atoms.